The van der Waals surface area contributed by atoms with Gasteiger partial charge in [0.25, 0.3) is 11.5 Å². The van der Waals surface area contributed by atoms with Crippen molar-refractivity contribution in [2.45, 2.75) is 39.3 Å². The third-order valence-corrected chi connectivity index (χ3v) is 5.53. The molecule has 0 aliphatic heterocycles. The van der Waals surface area contributed by atoms with Crippen molar-refractivity contribution >= 4 is 5.91 Å². The van der Waals surface area contributed by atoms with E-state index in [1.165, 1.54) is 0 Å². The molecule has 3 rings (SSSR count). The van der Waals surface area contributed by atoms with Crippen LogP contribution in [-0.4, -0.2) is 34.5 Å². The first-order valence-corrected chi connectivity index (χ1v) is 10.6. The average molecular weight is 439 g/mol. The highest BCUT2D eigenvalue weighted by Crippen LogP contribution is 2.27. The predicted octanol–water partition coefficient (Wildman–Crippen LogP) is 3.03. The van der Waals surface area contributed by atoms with E-state index in [0.29, 0.717) is 36.4 Å². The molecule has 1 aromatic carbocycles. The van der Waals surface area contributed by atoms with Crippen LogP contribution in [0, 0.1) is 6.92 Å². The molecule has 1 amide bonds. The fourth-order valence-electron chi connectivity index (χ4n) is 3.67. The van der Waals surface area contributed by atoms with E-state index in [1.807, 2.05) is 38.4 Å². The molecule has 0 saturated heterocycles. The number of hydrogen-bond donors (Lipinski definition) is 1. The van der Waals surface area contributed by atoms with Gasteiger partial charge in [0.1, 0.15) is 5.56 Å². The lowest BCUT2D eigenvalue weighted by Gasteiger charge is -2.17. The third kappa shape index (κ3) is 5.01. The van der Waals surface area contributed by atoms with Gasteiger partial charge in [-0.05, 0) is 49.1 Å². The maximum Gasteiger partial charge on any atom is 0.263 e. The normalized spacial score (nSPS) is 11.8. The number of carbonyl (C=O) groups excluding carboxylic acids is 1. The predicted molar refractivity (Wildman–Crippen MR) is 122 cm³/mol. The van der Waals surface area contributed by atoms with Gasteiger partial charge in [-0.2, -0.15) is 5.10 Å². The van der Waals surface area contributed by atoms with Crippen LogP contribution < -0.4 is 20.3 Å². The zero-order chi connectivity index (χ0) is 23.3. The Labute approximate surface area is 187 Å². The molecule has 2 heterocycles. The number of methoxy groups -OCH3 is 2. The molecule has 0 saturated carbocycles. The number of amides is 1. The zero-order valence-corrected chi connectivity index (χ0v) is 19.2. The standard InChI is InChI=1S/C24H30N4O4/c1-6-19(18-14-25-27(3)15-18)26-23(29)22-16(2)9-11-28(24(22)30)12-10-17-7-8-20(31-4)21(13-17)32-5/h7-9,11,13-15,19H,6,10,12H2,1-5H3,(H,26,29). The molecular formula is C24H30N4O4. The van der Waals surface area contributed by atoms with Gasteiger partial charge in [-0.1, -0.05) is 13.0 Å². The average Bonchev–Trinajstić information content (AvgIpc) is 3.22. The molecular weight excluding hydrogens is 408 g/mol. The Kier molecular flexibility index (Phi) is 7.35. The number of aryl methyl sites for hydroxylation is 4. The van der Waals surface area contributed by atoms with Gasteiger partial charge in [0.05, 0.1) is 26.5 Å². The summed E-state index contributed by atoms with van der Waals surface area (Å²) in [4.78, 5) is 26.2. The van der Waals surface area contributed by atoms with Crippen LogP contribution >= 0.6 is 0 Å². The van der Waals surface area contributed by atoms with Crippen molar-refractivity contribution in [3.8, 4) is 11.5 Å². The second-order valence-corrected chi connectivity index (χ2v) is 7.69. The van der Waals surface area contributed by atoms with Gasteiger partial charge in [0, 0.05) is 31.5 Å². The maximum atomic E-state index is 13.1. The molecule has 170 valence electrons. The van der Waals surface area contributed by atoms with Crippen molar-refractivity contribution in [1.29, 1.82) is 0 Å². The molecule has 1 N–H and O–H groups in total. The summed E-state index contributed by atoms with van der Waals surface area (Å²) in [7, 11) is 5.01. The summed E-state index contributed by atoms with van der Waals surface area (Å²) in [5.41, 5.74) is 2.43. The van der Waals surface area contributed by atoms with Gasteiger partial charge in [0.15, 0.2) is 11.5 Å². The fraction of sp³-hybridized carbons (Fsp3) is 0.375. The zero-order valence-electron chi connectivity index (χ0n) is 19.2. The molecule has 0 aliphatic carbocycles. The lowest BCUT2D eigenvalue weighted by molar-refractivity contribution is 0.0932. The molecule has 1 atom stereocenters. The van der Waals surface area contributed by atoms with Crippen LogP contribution in [0.1, 0.15) is 46.4 Å². The number of nitrogens with zero attached hydrogens (tertiary/aromatic N) is 3. The summed E-state index contributed by atoms with van der Waals surface area (Å²) < 4.78 is 13.9. The molecule has 32 heavy (non-hydrogen) atoms. The number of ether oxygens (including phenoxy) is 2. The molecule has 3 aromatic rings. The van der Waals surface area contributed by atoms with Crippen molar-refractivity contribution in [2.24, 2.45) is 7.05 Å². The lowest BCUT2D eigenvalue weighted by Crippen LogP contribution is -2.36. The molecule has 2 aromatic heterocycles. The van der Waals surface area contributed by atoms with Gasteiger partial charge in [-0.25, -0.2) is 0 Å². The largest absolute Gasteiger partial charge is 0.493 e. The summed E-state index contributed by atoms with van der Waals surface area (Å²) >= 11 is 0. The summed E-state index contributed by atoms with van der Waals surface area (Å²) in [5.74, 6) is 0.924. The highest BCUT2D eigenvalue weighted by molar-refractivity contribution is 5.95. The number of carbonyl (C=O) groups is 1. The Morgan fingerprint density at radius 2 is 1.94 bits per heavy atom. The number of hydrogen-bond acceptors (Lipinski definition) is 5. The minimum absolute atomic E-state index is 0.169. The Bertz CT molecular complexity index is 1150. The van der Waals surface area contributed by atoms with E-state index in [9.17, 15) is 9.59 Å². The second-order valence-electron chi connectivity index (χ2n) is 7.69. The van der Waals surface area contributed by atoms with E-state index in [4.69, 9.17) is 9.47 Å². The Balaban J connectivity index is 1.79. The third-order valence-electron chi connectivity index (χ3n) is 5.53. The van der Waals surface area contributed by atoms with Crippen molar-refractivity contribution in [1.82, 2.24) is 19.7 Å². The van der Waals surface area contributed by atoms with E-state index >= 15 is 0 Å². The van der Waals surface area contributed by atoms with Crippen molar-refractivity contribution < 1.29 is 14.3 Å². The van der Waals surface area contributed by atoms with Gasteiger partial charge in [-0.3, -0.25) is 14.3 Å². The molecule has 1 unspecified atom stereocenters. The monoisotopic (exact) mass is 438 g/mol. The van der Waals surface area contributed by atoms with Crippen LogP contribution in [0.5, 0.6) is 11.5 Å². The van der Waals surface area contributed by atoms with E-state index in [1.54, 1.807) is 48.9 Å². The van der Waals surface area contributed by atoms with Crippen LogP contribution in [0.4, 0.5) is 0 Å². The Hall–Kier alpha value is -3.55. The smallest absolute Gasteiger partial charge is 0.263 e. The van der Waals surface area contributed by atoms with Gasteiger partial charge in [0.2, 0.25) is 0 Å². The van der Waals surface area contributed by atoms with Crippen LogP contribution in [0.25, 0.3) is 0 Å². The number of nitrogens with one attached hydrogen (secondary N) is 1. The van der Waals surface area contributed by atoms with E-state index in [0.717, 1.165) is 11.1 Å². The van der Waals surface area contributed by atoms with Crippen molar-refractivity contribution in [3.05, 3.63) is 75.5 Å². The number of aromatic nitrogens is 3. The van der Waals surface area contributed by atoms with Gasteiger partial charge < -0.3 is 19.4 Å². The summed E-state index contributed by atoms with van der Waals surface area (Å²) in [5, 5.41) is 7.16. The van der Waals surface area contributed by atoms with E-state index in [-0.39, 0.29) is 23.1 Å². The second kappa shape index (κ2) is 10.2. The Morgan fingerprint density at radius 1 is 1.19 bits per heavy atom. The molecule has 0 spiro atoms. The SMILES string of the molecule is CCC(NC(=O)c1c(C)ccn(CCc2ccc(OC)c(OC)c2)c1=O)c1cnn(C)c1. The van der Waals surface area contributed by atoms with Gasteiger partial charge in [-0.15, -0.1) is 0 Å². The minimum Gasteiger partial charge on any atom is -0.493 e. The Morgan fingerprint density at radius 3 is 2.56 bits per heavy atom. The van der Waals surface area contributed by atoms with E-state index < -0.39 is 0 Å². The van der Waals surface area contributed by atoms with Crippen LogP contribution in [-0.2, 0) is 20.0 Å². The maximum absolute atomic E-state index is 13.1. The van der Waals surface area contributed by atoms with Crippen LogP contribution in [0.15, 0.2) is 47.7 Å². The first-order chi connectivity index (χ1) is 15.4. The van der Waals surface area contributed by atoms with Gasteiger partial charge >= 0.3 is 0 Å². The summed E-state index contributed by atoms with van der Waals surface area (Å²) in [6.45, 7) is 4.20. The topological polar surface area (TPSA) is 87.4 Å². The molecule has 8 heteroatoms. The highest BCUT2D eigenvalue weighted by atomic mass is 16.5. The number of benzene rings is 1. The summed E-state index contributed by atoms with van der Waals surface area (Å²) in [6, 6.07) is 7.26. The molecule has 0 radical (unpaired) electrons. The number of pyridine rings is 1. The number of rotatable bonds is 9. The molecule has 0 aliphatic rings. The first-order valence-electron chi connectivity index (χ1n) is 10.6. The molecule has 0 bridgehead atoms. The minimum atomic E-state index is -0.372. The molecule has 8 nitrogen and oxygen atoms in total. The van der Waals surface area contributed by atoms with Crippen LogP contribution in [0.2, 0.25) is 0 Å². The molecule has 0 fully saturated rings. The quantitative estimate of drug-likeness (QED) is 0.555. The first kappa shape index (κ1) is 23.1. The van der Waals surface area contributed by atoms with Crippen LogP contribution in [0.3, 0.4) is 0 Å². The van der Waals surface area contributed by atoms with Crippen molar-refractivity contribution in [2.75, 3.05) is 14.2 Å². The highest BCUT2D eigenvalue weighted by Gasteiger charge is 2.20. The fourth-order valence-corrected chi connectivity index (χ4v) is 3.67. The summed E-state index contributed by atoms with van der Waals surface area (Å²) in [6.07, 6.45) is 6.63. The lowest BCUT2D eigenvalue weighted by atomic mass is 10.1. The van der Waals surface area contributed by atoms with Crippen molar-refractivity contribution in [3.63, 3.8) is 0 Å². The van der Waals surface area contributed by atoms with E-state index in [2.05, 4.69) is 10.4 Å².